The van der Waals surface area contributed by atoms with E-state index in [1.165, 1.54) is 16.7 Å². The third kappa shape index (κ3) is 3.97. The molecule has 0 aromatic heterocycles. The molecule has 0 fully saturated rings. The fourth-order valence-electron chi connectivity index (χ4n) is 1.64. The average molecular weight is 229 g/mol. The molecule has 1 aromatic rings. The molecule has 17 heavy (non-hydrogen) atoms. The smallest absolute Gasteiger partial charge is 0.107 e. The molecule has 0 aliphatic carbocycles. The Kier molecular flexibility index (Phi) is 5.32. The summed E-state index contributed by atoms with van der Waals surface area (Å²) in [5.41, 5.74) is 4.87. The summed E-state index contributed by atoms with van der Waals surface area (Å²) < 4.78 is 5.30. The molecule has 0 heterocycles. The molecule has 0 saturated carbocycles. The maximum Gasteiger partial charge on any atom is 0.107 e. The molecule has 0 saturated heterocycles. The third-order valence-corrected chi connectivity index (χ3v) is 2.68. The van der Waals surface area contributed by atoms with Crippen LogP contribution in [0.5, 0.6) is 0 Å². The van der Waals surface area contributed by atoms with Crippen LogP contribution in [0.3, 0.4) is 0 Å². The first-order valence-corrected chi connectivity index (χ1v) is 5.67. The third-order valence-electron chi connectivity index (χ3n) is 2.68. The highest BCUT2D eigenvalue weighted by Gasteiger charge is 2.04. The number of nitrogens with one attached hydrogen (secondary N) is 1. The normalized spacial score (nSPS) is 9.71. The quantitative estimate of drug-likeness (QED) is 0.598. The van der Waals surface area contributed by atoms with Crippen molar-refractivity contribution in [2.75, 3.05) is 18.5 Å². The van der Waals surface area contributed by atoms with E-state index in [1.54, 1.807) is 6.20 Å². The van der Waals surface area contributed by atoms with Crippen molar-refractivity contribution in [1.29, 1.82) is 0 Å². The fourth-order valence-corrected chi connectivity index (χ4v) is 1.64. The lowest BCUT2D eigenvalue weighted by Gasteiger charge is -2.12. The molecule has 2 nitrogen and oxygen atoms in total. The van der Waals surface area contributed by atoms with Crippen LogP contribution in [0.15, 0.2) is 24.9 Å². The fraction of sp³-hybridized carbons (Fsp3) is 0.333. The number of ether oxygens (including phenoxy) is 1. The summed E-state index contributed by atoms with van der Waals surface area (Å²) in [4.78, 5) is 0. The summed E-state index contributed by atoms with van der Waals surface area (Å²) >= 11 is 0. The zero-order valence-electron chi connectivity index (χ0n) is 10.5. The molecule has 1 N–H and O–H groups in total. The molecule has 0 atom stereocenters. The van der Waals surface area contributed by atoms with Gasteiger partial charge in [0.15, 0.2) is 0 Å². The molecule has 90 valence electrons. The van der Waals surface area contributed by atoms with Gasteiger partial charge in [0, 0.05) is 5.69 Å². The van der Waals surface area contributed by atoms with E-state index in [9.17, 15) is 0 Å². The van der Waals surface area contributed by atoms with E-state index < -0.39 is 0 Å². The lowest BCUT2D eigenvalue weighted by molar-refractivity contribution is 0.171. The second-order valence-corrected chi connectivity index (χ2v) is 3.95. The first kappa shape index (κ1) is 13.3. The predicted octanol–water partition coefficient (Wildman–Crippen LogP) is 3.05. The Labute approximate surface area is 104 Å². The van der Waals surface area contributed by atoms with Crippen LogP contribution in [0.4, 0.5) is 5.69 Å². The van der Waals surface area contributed by atoms with E-state index in [4.69, 9.17) is 11.2 Å². The second-order valence-electron chi connectivity index (χ2n) is 3.95. The van der Waals surface area contributed by atoms with E-state index in [1.807, 2.05) is 0 Å². The van der Waals surface area contributed by atoms with Crippen LogP contribution in [0.1, 0.15) is 16.7 Å². The van der Waals surface area contributed by atoms with Crippen molar-refractivity contribution in [2.24, 2.45) is 0 Å². The van der Waals surface area contributed by atoms with Gasteiger partial charge in [-0.15, -0.1) is 6.42 Å². The molecular formula is C15H19NO. The first-order chi connectivity index (χ1) is 8.19. The van der Waals surface area contributed by atoms with Crippen LogP contribution in [-0.2, 0) is 11.2 Å². The summed E-state index contributed by atoms with van der Waals surface area (Å²) in [5, 5.41) is 3.15. The number of aryl methyl sites for hydroxylation is 2. The van der Waals surface area contributed by atoms with Crippen LogP contribution in [-0.4, -0.2) is 13.2 Å². The van der Waals surface area contributed by atoms with Crippen molar-refractivity contribution in [2.45, 2.75) is 20.3 Å². The van der Waals surface area contributed by atoms with Crippen LogP contribution < -0.4 is 5.32 Å². The number of terminal acetylenes is 1. The Bertz CT molecular complexity index is 429. The Morgan fingerprint density at radius 2 is 2.12 bits per heavy atom. The van der Waals surface area contributed by atoms with Crippen LogP contribution in [0.25, 0.3) is 0 Å². The zero-order chi connectivity index (χ0) is 12.7. The van der Waals surface area contributed by atoms with E-state index >= 15 is 0 Å². The summed E-state index contributed by atoms with van der Waals surface area (Å²) in [6, 6.07) is 4.31. The van der Waals surface area contributed by atoms with Crippen molar-refractivity contribution in [3.63, 3.8) is 0 Å². The molecule has 2 heteroatoms. The molecule has 0 bridgehead atoms. The van der Waals surface area contributed by atoms with Gasteiger partial charge < -0.3 is 10.1 Å². The number of benzene rings is 1. The van der Waals surface area contributed by atoms with Crippen LogP contribution in [0.2, 0.25) is 0 Å². The molecule has 0 spiro atoms. The lowest BCUT2D eigenvalue weighted by Crippen LogP contribution is -2.03. The van der Waals surface area contributed by atoms with Crippen molar-refractivity contribution in [3.05, 3.63) is 41.6 Å². The van der Waals surface area contributed by atoms with Crippen molar-refractivity contribution in [1.82, 2.24) is 0 Å². The van der Waals surface area contributed by atoms with E-state index in [-0.39, 0.29) is 0 Å². The standard InChI is InChI=1S/C15H19NO/c1-5-8-17-9-7-14-10-12(3)13(4)11-15(14)16-6-2/h1,6,10-11,16H,2,7-9H2,3-4H3. The minimum Gasteiger partial charge on any atom is -0.368 e. The Morgan fingerprint density at radius 1 is 1.41 bits per heavy atom. The van der Waals surface area contributed by atoms with Crippen molar-refractivity contribution >= 4 is 5.69 Å². The van der Waals surface area contributed by atoms with Gasteiger partial charge in [0.1, 0.15) is 6.61 Å². The number of hydrogen-bond donors (Lipinski definition) is 1. The molecule has 0 radical (unpaired) electrons. The maximum atomic E-state index is 5.30. The second kappa shape index (κ2) is 6.78. The number of rotatable bonds is 6. The summed E-state index contributed by atoms with van der Waals surface area (Å²) in [6.45, 7) is 8.91. The van der Waals surface area contributed by atoms with Gasteiger partial charge in [-0.25, -0.2) is 0 Å². The van der Waals surface area contributed by atoms with Gasteiger partial charge in [-0.1, -0.05) is 18.6 Å². The van der Waals surface area contributed by atoms with Gasteiger partial charge in [-0.2, -0.15) is 0 Å². The average Bonchev–Trinajstić information content (AvgIpc) is 2.31. The Hall–Kier alpha value is -1.72. The monoisotopic (exact) mass is 229 g/mol. The number of hydrogen-bond acceptors (Lipinski definition) is 2. The Balaban J connectivity index is 2.77. The van der Waals surface area contributed by atoms with Gasteiger partial charge in [-0.05, 0) is 49.2 Å². The molecule has 1 aromatic carbocycles. The molecule has 0 unspecified atom stereocenters. The van der Waals surface area contributed by atoms with Crippen LogP contribution in [0, 0.1) is 26.2 Å². The molecule has 0 aliphatic rings. The van der Waals surface area contributed by atoms with Gasteiger partial charge >= 0.3 is 0 Å². The predicted molar refractivity (Wildman–Crippen MR) is 73.1 cm³/mol. The minimum absolute atomic E-state index is 0.370. The molecular weight excluding hydrogens is 210 g/mol. The maximum absolute atomic E-state index is 5.30. The molecule has 1 rings (SSSR count). The zero-order valence-corrected chi connectivity index (χ0v) is 10.5. The number of anilines is 1. The van der Waals surface area contributed by atoms with E-state index in [0.717, 1.165) is 12.1 Å². The summed E-state index contributed by atoms with van der Waals surface area (Å²) in [5.74, 6) is 2.46. The van der Waals surface area contributed by atoms with Crippen molar-refractivity contribution < 1.29 is 4.74 Å². The van der Waals surface area contributed by atoms with Gasteiger partial charge in [0.25, 0.3) is 0 Å². The van der Waals surface area contributed by atoms with E-state index in [0.29, 0.717) is 13.2 Å². The van der Waals surface area contributed by atoms with Crippen LogP contribution >= 0.6 is 0 Å². The van der Waals surface area contributed by atoms with Gasteiger partial charge in [-0.3, -0.25) is 0 Å². The minimum atomic E-state index is 0.370. The largest absolute Gasteiger partial charge is 0.368 e. The van der Waals surface area contributed by atoms with Crippen molar-refractivity contribution in [3.8, 4) is 12.3 Å². The summed E-state index contributed by atoms with van der Waals surface area (Å²) in [7, 11) is 0. The Morgan fingerprint density at radius 3 is 2.76 bits per heavy atom. The highest BCUT2D eigenvalue weighted by Crippen LogP contribution is 2.21. The summed E-state index contributed by atoms with van der Waals surface area (Å²) in [6.07, 6.45) is 7.67. The van der Waals surface area contributed by atoms with E-state index in [2.05, 4.69) is 43.8 Å². The molecule has 0 amide bonds. The lowest BCUT2D eigenvalue weighted by atomic mass is 10.0. The molecule has 0 aliphatic heterocycles. The highest BCUT2D eigenvalue weighted by molar-refractivity contribution is 5.56. The topological polar surface area (TPSA) is 21.3 Å². The van der Waals surface area contributed by atoms with Gasteiger partial charge in [0.05, 0.1) is 6.61 Å². The first-order valence-electron chi connectivity index (χ1n) is 5.67. The van der Waals surface area contributed by atoms with Gasteiger partial charge in [0.2, 0.25) is 0 Å². The SMILES string of the molecule is C#CCOCCc1cc(C)c(C)cc1NC=C. The highest BCUT2D eigenvalue weighted by atomic mass is 16.5.